The molecule has 2 aromatic rings. The van der Waals surface area contributed by atoms with Gasteiger partial charge in [-0.05, 0) is 50.6 Å². The molecular formula is C25H31N3O5S. The molecule has 0 bridgehead atoms. The summed E-state index contributed by atoms with van der Waals surface area (Å²) in [5, 5.41) is 23.7. The number of aliphatic hydroxyl groups is 1. The molecule has 4 atom stereocenters. The Balaban J connectivity index is 1.91. The summed E-state index contributed by atoms with van der Waals surface area (Å²) in [4.78, 5) is 41.0. The number of nitrogens with zero attached hydrogens (tertiary/aromatic N) is 1. The Hall–Kier alpha value is -2.88. The summed E-state index contributed by atoms with van der Waals surface area (Å²) in [7, 11) is 0. The number of hydrogen-bond acceptors (Lipinski definition) is 7. The number of phenols is 1. The Morgan fingerprint density at radius 3 is 2.29 bits per heavy atom. The van der Waals surface area contributed by atoms with Gasteiger partial charge in [0, 0.05) is 22.9 Å². The predicted molar refractivity (Wildman–Crippen MR) is 131 cm³/mol. The van der Waals surface area contributed by atoms with E-state index in [2.05, 4.69) is 5.32 Å². The van der Waals surface area contributed by atoms with E-state index in [1.165, 1.54) is 40.9 Å². The molecule has 1 aliphatic rings. The summed E-state index contributed by atoms with van der Waals surface area (Å²) in [6.07, 6.45) is -1.76. The molecule has 2 aromatic carbocycles. The third-order valence-corrected chi connectivity index (χ3v) is 6.60. The molecule has 0 spiro atoms. The second-order valence-electron chi connectivity index (χ2n) is 9.38. The second kappa shape index (κ2) is 10.6. The number of carbonyl (C=O) groups is 3. The lowest BCUT2D eigenvalue weighted by Gasteiger charge is -2.32. The number of thioether (sulfide) groups is 1. The molecule has 0 aromatic heterocycles. The fraction of sp³-hybridized carbons (Fsp3) is 0.400. The molecule has 182 valence electrons. The summed E-state index contributed by atoms with van der Waals surface area (Å²) in [5.41, 5.74) is 6.75. The van der Waals surface area contributed by atoms with Crippen molar-refractivity contribution in [2.45, 2.75) is 44.5 Å². The van der Waals surface area contributed by atoms with Crippen LogP contribution in [0.1, 0.15) is 42.7 Å². The van der Waals surface area contributed by atoms with E-state index in [0.29, 0.717) is 11.3 Å². The number of nitrogens with two attached hydrogens (primary N) is 1. The number of Topliss-reactive ketones (excluding diaryl/α,β-unsaturated/α-hetero) is 1. The minimum Gasteiger partial charge on any atom is -0.508 e. The number of aromatic hydroxyl groups is 1. The number of rotatable bonds is 7. The summed E-state index contributed by atoms with van der Waals surface area (Å²) in [6.45, 7) is 5.54. The van der Waals surface area contributed by atoms with Crippen LogP contribution in [0.4, 0.5) is 0 Å². The lowest BCUT2D eigenvalue weighted by atomic mass is 9.82. The van der Waals surface area contributed by atoms with Crippen LogP contribution in [-0.2, 0) is 9.59 Å². The maximum atomic E-state index is 13.5. The van der Waals surface area contributed by atoms with Gasteiger partial charge >= 0.3 is 0 Å². The molecule has 0 radical (unpaired) electrons. The van der Waals surface area contributed by atoms with Crippen molar-refractivity contribution in [3.05, 3.63) is 65.7 Å². The zero-order valence-electron chi connectivity index (χ0n) is 19.5. The first-order chi connectivity index (χ1) is 16.0. The molecule has 8 nitrogen and oxygen atoms in total. The Kier molecular flexibility index (Phi) is 8.01. The van der Waals surface area contributed by atoms with Crippen molar-refractivity contribution in [1.82, 2.24) is 10.2 Å². The SMILES string of the molecule is CC(C)(C)NC(=O)[C@@H]1CSCN1C(=O)C(O)C(C(=O)c1ccc(O)cc1)C(N)c1ccccc1. The number of aliphatic hydroxyl groups excluding tert-OH is 1. The van der Waals surface area contributed by atoms with Crippen LogP contribution in [0.15, 0.2) is 54.6 Å². The van der Waals surface area contributed by atoms with Gasteiger partial charge in [-0.2, -0.15) is 0 Å². The van der Waals surface area contributed by atoms with E-state index in [1.807, 2.05) is 20.8 Å². The monoisotopic (exact) mass is 485 g/mol. The fourth-order valence-corrected chi connectivity index (χ4v) is 5.02. The quantitative estimate of drug-likeness (QED) is 0.441. The van der Waals surface area contributed by atoms with Gasteiger partial charge in [0.25, 0.3) is 5.91 Å². The van der Waals surface area contributed by atoms with Crippen molar-refractivity contribution in [2.75, 3.05) is 11.6 Å². The third-order valence-electron chi connectivity index (χ3n) is 5.59. The first-order valence-corrected chi connectivity index (χ1v) is 12.2. The Bertz CT molecular complexity index is 1020. The average molecular weight is 486 g/mol. The van der Waals surface area contributed by atoms with Gasteiger partial charge in [-0.3, -0.25) is 14.4 Å². The summed E-state index contributed by atoms with van der Waals surface area (Å²) in [6, 6.07) is 12.6. The largest absolute Gasteiger partial charge is 0.508 e. The van der Waals surface area contributed by atoms with Crippen LogP contribution in [0.3, 0.4) is 0 Å². The van der Waals surface area contributed by atoms with Crippen molar-refractivity contribution in [1.29, 1.82) is 0 Å². The maximum Gasteiger partial charge on any atom is 0.253 e. The highest BCUT2D eigenvalue weighted by Gasteiger charge is 2.44. The number of amides is 2. The smallest absolute Gasteiger partial charge is 0.253 e. The molecule has 3 rings (SSSR count). The minimum atomic E-state index is -1.76. The number of ketones is 1. The van der Waals surface area contributed by atoms with Gasteiger partial charge in [0.1, 0.15) is 17.9 Å². The van der Waals surface area contributed by atoms with Crippen LogP contribution in [0.25, 0.3) is 0 Å². The van der Waals surface area contributed by atoms with Gasteiger partial charge in [-0.1, -0.05) is 30.3 Å². The van der Waals surface area contributed by atoms with E-state index in [9.17, 15) is 24.6 Å². The molecule has 1 aliphatic heterocycles. The third kappa shape index (κ3) is 5.97. The molecular weight excluding hydrogens is 454 g/mol. The van der Waals surface area contributed by atoms with Crippen LogP contribution >= 0.6 is 11.8 Å². The van der Waals surface area contributed by atoms with Crippen LogP contribution in [0.2, 0.25) is 0 Å². The molecule has 5 N–H and O–H groups in total. The minimum absolute atomic E-state index is 0.0149. The van der Waals surface area contributed by atoms with E-state index in [-0.39, 0.29) is 23.1 Å². The van der Waals surface area contributed by atoms with Gasteiger partial charge in [0.05, 0.1) is 11.8 Å². The van der Waals surface area contributed by atoms with Crippen molar-refractivity contribution in [2.24, 2.45) is 11.7 Å². The zero-order chi connectivity index (χ0) is 25.0. The zero-order valence-corrected chi connectivity index (χ0v) is 20.3. The molecule has 9 heteroatoms. The van der Waals surface area contributed by atoms with Crippen molar-refractivity contribution >= 4 is 29.4 Å². The highest BCUT2D eigenvalue weighted by atomic mass is 32.2. The fourth-order valence-electron chi connectivity index (χ4n) is 3.86. The molecule has 0 saturated carbocycles. The highest BCUT2D eigenvalue weighted by Crippen LogP contribution is 2.30. The van der Waals surface area contributed by atoms with E-state index < -0.39 is 41.3 Å². The molecule has 1 saturated heterocycles. The Morgan fingerprint density at radius 1 is 1.09 bits per heavy atom. The topological polar surface area (TPSA) is 133 Å². The molecule has 34 heavy (non-hydrogen) atoms. The van der Waals surface area contributed by atoms with E-state index >= 15 is 0 Å². The summed E-state index contributed by atoms with van der Waals surface area (Å²) in [5.74, 6) is -2.26. The Labute approximate surface area is 203 Å². The van der Waals surface area contributed by atoms with Crippen LogP contribution < -0.4 is 11.1 Å². The van der Waals surface area contributed by atoms with Crippen LogP contribution in [0, 0.1) is 5.92 Å². The molecule has 0 aliphatic carbocycles. The van der Waals surface area contributed by atoms with Gasteiger partial charge in [0.2, 0.25) is 5.91 Å². The lowest BCUT2D eigenvalue weighted by Crippen LogP contribution is -2.56. The number of hydrogen-bond donors (Lipinski definition) is 4. The van der Waals surface area contributed by atoms with Gasteiger partial charge < -0.3 is 26.2 Å². The predicted octanol–water partition coefficient (Wildman–Crippen LogP) is 2.07. The van der Waals surface area contributed by atoms with Crippen molar-refractivity contribution in [3.63, 3.8) is 0 Å². The first kappa shape index (κ1) is 25.7. The van der Waals surface area contributed by atoms with E-state index in [0.717, 1.165) is 0 Å². The molecule has 2 amide bonds. The van der Waals surface area contributed by atoms with Crippen molar-refractivity contribution in [3.8, 4) is 5.75 Å². The van der Waals surface area contributed by atoms with Gasteiger partial charge in [0.15, 0.2) is 5.78 Å². The first-order valence-electron chi connectivity index (χ1n) is 11.0. The number of benzene rings is 2. The average Bonchev–Trinajstić information content (AvgIpc) is 3.28. The number of nitrogens with one attached hydrogen (secondary N) is 1. The Morgan fingerprint density at radius 2 is 1.71 bits per heavy atom. The maximum absolute atomic E-state index is 13.5. The molecule has 1 heterocycles. The second-order valence-corrected chi connectivity index (χ2v) is 10.4. The number of carbonyl (C=O) groups excluding carboxylic acids is 3. The van der Waals surface area contributed by atoms with Crippen LogP contribution in [-0.4, -0.2) is 62.0 Å². The molecule has 3 unspecified atom stereocenters. The van der Waals surface area contributed by atoms with Gasteiger partial charge in [-0.15, -0.1) is 11.8 Å². The highest BCUT2D eigenvalue weighted by molar-refractivity contribution is 7.99. The van der Waals surface area contributed by atoms with Gasteiger partial charge in [-0.25, -0.2) is 0 Å². The van der Waals surface area contributed by atoms with E-state index in [4.69, 9.17) is 5.73 Å². The lowest BCUT2D eigenvalue weighted by molar-refractivity contribution is -0.147. The molecule has 1 fully saturated rings. The van der Waals surface area contributed by atoms with Crippen molar-refractivity contribution < 1.29 is 24.6 Å². The summed E-state index contributed by atoms with van der Waals surface area (Å²) < 4.78 is 0. The standard InChI is InChI=1S/C25H31N3O5S/c1-25(2,3)27-23(32)18-13-34-14-28(18)24(33)22(31)19(20(26)15-7-5-4-6-8-15)21(30)16-9-11-17(29)12-10-16/h4-12,18-20,22,29,31H,13-14,26H2,1-3H3,(H,27,32)/t18-,19?,20?,22?/m0/s1. The normalized spacial score (nSPS) is 18.7. The summed E-state index contributed by atoms with van der Waals surface area (Å²) >= 11 is 1.40. The number of phenolic OH excluding ortho intramolecular Hbond substituents is 1. The van der Waals surface area contributed by atoms with E-state index in [1.54, 1.807) is 30.3 Å². The van der Waals surface area contributed by atoms with Crippen LogP contribution in [0.5, 0.6) is 5.75 Å².